The Morgan fingerprint density at radius 1 is 1.03 bits per heavy atom. The van der Waals surface area contributed by atoms with Crippen LogP contribution in [0, 0.1) is 0 Å². The summed E-state index contributed by atoms with van der Waals surface area (Å²) < 4.78 is 10.6. The zero-order chi connectivity index (χ0) is 24.8. The minimum absolute atomic E-state index is 0.0265. The lowest BCUT2D eigenvalue weighted by molar-refractivity contribution is -0.137. The summed E-state index contributed by atoms with van der Waals surface area (Å²) in [5.41, 5.74) is 8.02. The number of amides is 3. The van der Waals surface area contributed by atoms with Crippen LogP contribution in [0.1, 0.15) is 22.5 Å². The van der Waals surface area contributed by atoms with E-state index in [-0.39, 0.29) is 32.0 Å². The molecule has 2 heterocycles. The number of ether oxygens (including phenoxy) is 2. The van der Waals surface area contributed by atoms with Crippen molar-refractivity contribution in [3.63, 3.8) is 0 Å². The highest BCUT2D eigenvalue weighted by molar-refractivity contribution is 6.04. The van der Waals surface area contributed by atoms with Crippen molar-refractivity contribution in [2.24, 2.45) is 0 Å². The number of aliphatic carboxylic acids is 1. The summed E-state index contributed by atoms with van der Waals surface area (Å²) in [6, 6.07) is 14.5. The molecule has 1 aliphatic rings. The van der Waals surface area contributed by atoms with Crippen LogP contribution in [-0.4, -0.2) is 46.2 Å². The molecule has 0 radical (unpaired) electrons. The highest BCUT2D eigenvalue weighted by Crippen LogP contribution is 2.34. The molecule has 0 unspecified atom stereocenters. The SMILES string of the molecule is Nc1ccccc1NC(=O)c1ccc(CN(CCC(=O)O)C(=O)Nc2ccc3c(c2)OCO3)cn1. The third-order valence-electron chi connectivity index (χ3n) is 5.15. The normalized spacial score (nSPS) is 11.5. The van der Waals surface area contributed by atoms with E-state index in [0.29, 0.717) is 34.1 Å². The predicted molar refractivity (Wildman–Crippen MR) is 127 cm³/mol. The van der Waals surface area contributed by atoms with Crippen LogP contribution in [-0.2, 0) is 11.3 Å². The number of nitrogens with one attached hydrogen (secondary N) is 2. The van der Waals surface area contributed by atoms with E-state index in [9.17, 15) is 14.4 Å². The van der Waals surface area contributed by atoms with Crippen LogP contribution < -0.4 is 25.8 Å². The molecule has 5 N–H and O–H groups in total. The molecule has 0 atom stereocenters. The van der Waals surface area contributed by atoms with Crippen molar-refractivity contribution in [2.45, 2.75) is 13.0 Å². The molecule has 3 amide bonds. The Balaban J connectivity index is 1.42. The maximum atomic E-state index is 12.9. The van der Waals surface area contributed by atoms with Crippen molar-refractivity contribution in [3.05, 3.63) is 72.1 Å². The summed E-state index contributed by atoms with van der Waals surface area (Å²) in [6.07, 6.45) is 1.23. The average molecular weight is 477 g/mol. The van der Waals surface area contributed by atoms with E-state index in [0.717, 1.165) is 0 Å². The van der Waals surface area contributed by atoms with Crippen LogP contribution in [0.25, 0.3) is 0 Å². The topological polar surface area (TPSA) is 156 Å². The summed E-state index contributed by atoms with van der Waals surface area (Å²) in [6.45, 7) is 0.169. The standard InChI is InChI=1S/C24H23N5O6/c25-17-3-1-2-4-18(17)28-23(32)19-7-5-15(12-26-19)13-29(10-9-22(30)31)24(33)27-16-6-8-20-21(11-16)35-14-34-20/h1-8,11-12H,9-10,13-14,25H2,(H,27,33)(H,28,32)(H,30,31). The van der Waals surface area contributed by atoms with Gasteiger partial charge in [0.25, 0.3) is 5.91 Å². The van der Waals surface area contributed by atoms with Gasteiger partial charge in [0, 0.05) is 31.0 Å². The van der Waals surface area contributed by atoms with Gasteiger partial charge in [0.15, 0.2) is 11.5 Å². The number of para-hydroxylation sites is 2. The lowest BCUT2D eigenvalue weighted by Crippen LogP contribution is -2.36. The van der Waals surface area contributed by atoms with Crippen LogP contribution >= 0.6 is 0 Å². The van der Waals surface area contributed by atoms with Crippen molar-refractivity contribution >= 4 is 35.0 Å². The molecule has 0 bridgehead atoms. The lowest BCUT2D eigenvalue weighted by Gasteiger charge is -2.22. The number of hydrogen-bond donors (Lipinski definition) is 4. The predicted octanol–water partition coefficient (Wildman–Crippen LogP) is 3.15. The molecule has 0 aliphatic carbocycles. The largest absolute Gasteiger partial charge is 0.481 e. The molecule has 0 saturated carbocycles. The third-order valence-corrected chi connectivity index (χ3v) is 5.15. The number of nitrogens with zero attached hydrogens (tertiary/aromatic N) is 2. The number of carboxylic acids is 1. The number of urea groups is 1. The Labute approximate surface area is 200 Å². The zero-order valence-corrected chi connectivity index (χ0v) is 18.6. The number of pyridine rings is 1. The smallest absolute Gasteiger partial charge is 0.322 e. The quantitative estimate of drug-likeness (QED) is 0.361. The first kappa shape index (κ1) is 23.4. The second-order valence-electron chi connectivity index (χ2n) is 7.66. The number of benzene rings is 2. The van der Waals surface area contributed by atoms with Gasteiger partial charge in [0.1, 0.15) is 5.69 Å². The molecule has 0 spiro atoms. The van der Waals surface area contributed by atoms with E-state index in [2.05, 4.69) is 15.6 Å². The monoisotopic (exact) mass is 477 g/mol. The Morgan fingerprint density at radius 3 is 2.57 bits per heavy atom. The van der Waals surface area contributed by atoms with Crippen molar-refractivity contribution in [1.82, 2.24) is 9.88 Å². The van der Waals surface area contributed by atoms with E-state index in [1.165, 1.54) is 17.2 Å². The second-order valence-corrected chi connectivity index (χ2v) is 7.66. The molecule has 35 heavy (non-hydrogen) atoms. The van der Waals surface area contributed by atoms with E-state index in [1.54, 1.807) is 48.5 Å². The van der Waals surface area contributed by atoms with Crippen LogP contribution in [0.2, 0.25) is 0 Å². The van der Waals surface area contributed by atoms with Crippen LogP contribution in [0.15, 0.2) is 60.8 Å². The van der Waals surface area contributed by atoms with Gasteiger partial charge in [-0.15, -0.1) is 0 Å². The number of fused-ring (bicyclic) bond motifs is 1. The van der Waals surface area contributed by atoms with Crippen LogP contribution in [0.5, 0.6) is 11.5 Å². The van der Waals surface area contributed by atoms with Gasteiger partial charge in [0.05, 0.1) is 17.8 Å². The van der Waals surface area contributed by atoms with E-state index in [4.69, 9.17) is 20.3 Å². The van der Waals surface area contributed by atoms with Crippen molar-refractivity contribution in [1.29, 1.82) is 0 Å². The summed E-state index contributed by atoms with van der Waals surface area (Å²) in [5, 5.41) is 14.5. The Morgan fingerprint density at radius 2 is 1.83 bits per heavy atom. The van der Waals surface area contributed by atoms with E-state index in [1.807, 2.05) is 0 Å². The second kappa shape index (κ2) is 10.4. The highest BCUT2D eigenvalue weighted by Gasteiger charge is 2.19. The number of nitrogen functional groups attached to an aromatic ring is 1. The van der Waals surface area contributed by atoms with Gasteiger partial charge in [-0.3, -0.25) is 14.6 Å². The zero-order valence-electron chi connectivity index (χ0n) is 18.6. The molecule has 180 valence electrons. The fourth-order valence-corrected chi connectivity index (χ4v) is 3.33. The number of hydrogen-bond acceptors (Lipinski definition) is 7. The summed E-state index contributed by atoms with van der Waals surface area (Å²) >= 11 is 0. The molecule has 0 fully saturated rings. The molecule has 3 aromatic rings. The van der Waals surface area contributed by atoms with Gasteiger partial charge in [0.2, 0.25) is 6.79 Å². The Bertz CT molecular complexity index is 1250. The molecular weight excluding hydrogens is 454 g/mol. The summed E-state index contributed by atoms with van der Waals surface area (Å²) in [5.74, 6) is -0.375. The number of anilines is 3. The fourth-order valence-electron chi connectivity index (χ4n) is 3.33. The Kier molecular flexibility index (Phi) is 6.96. The number of carboxylic acid groups (broad SMARTS) is 1. The van der Waals surface area contributed by atoms with Gasteiger partial charge in [-0.2, -0.15) is 0 Å². The number of rotatable bonds is 8. The minimum Gasteiger partial charge on any atom is -0.481 e. The number of carbonyl (C=O) groups is 3. The molecule has 11 heteroatoms. The molecular formula is C24H23N5O6. The fraction of sp³-hybridized carbons (Fsp3) is 0.167. The number of aromatic nitrogens is 1. The maximum Gasteiger partial charge on any atom is 0.322 e. The van der Waals surface area contributed by atoms with E-state index >= 15 is 0 Å². The van der Waals surface area contributed by atoms with Gasteiger partial charge in [-0.25, -0.2) is 4.79 Å². The first-order chi connectivity index (χ1) is 16.9. The van der Waals surface area contributed by atoms with Crippen molar-refractivity contribution in [3.8, 4) is 11.5 Å². The summed E-state index contributed by atoms with van der Waals surface area (Å²) in [7, 11) is 0. The molecule has 2 aromatic carbocycles. The van der Waals surface area contributed by atoms with Crippen molar-refractivity contribution in [2.75, 3.05) is 29.7 Å². The average Bonchev–Trinajstić information content (AvgIpc) is 3.31. The van der Waals surface area contributed by atoms with Crippen LogP contribution in [0.4, 0.5) is 21.9 Å². The maximum absolute atomic E-state index is 12.9. The molecule has 0 saturated heterocycles. The van der Waals surface area contributed by atoms with Crippen LogP contribution in [0.3, 0.4) is 0 Å². The van der Waals surface area contributed by atoms with Gasteiger partial charge >= 0.3 is 12.0 Å². The highest BCUT2D eigenvalue weighted by atomic mass is 16.7. The van der Waals surface area contributed by atoms with Gasteiger partial charge in [-0.05, 0) is 35.9 Å². The number of carbonyl (C=O) groups excluding carboxylic acids is 2. The van der Waals surface area contributed by atoms with Gasteiger partial charge in [-0.1, -0.05) is 18.2 Å². The molecule has 11 nitrogen and oxygen atoms in total. The third kappa shape index (κ3) is 5.96. The van der Waals surface area contributed by atoms with E-state index < -0.39 is 17.9 Å². The first-order valence-corrected chi connectivity index (χ1v) is 10.7. The van der Waals surface area contributed by atoms with Crippen molar-refractivity contribution < 1.29 is 29.0 Å². The lowest BCUT2D eigenvalue weighted by atomic mass is 10.2. The number of nitrogens with two attached hydrogens (primary N) is 1. The van der Waals surface area contributed by atoms with Gasteiger partial charge < -0.3 is 35.8 Å². The molecule has 1 aromatic heterocycles. The molecule has 1 aliphatic heterocycles. The summed E-state index contributed by atoms with van der Waals surface area (Å²) in [4.78, 5) is 42.0. The first-order valence-electron chi connectivity index (χ1n) is 10.7. The molecule has 4 rings (SSSR count). The minimum atomic E-state index is -1.03. The Hall–Kier alpha value is -4.80.